The molecule has 1 heterocycles. The minimum atomic E-state index is 0.0502. The standard InChI is InChI=1S/C15H27N5O/c1-6-16-13-17-14(19-15(18-13)21-11(4)5)20(9-10(2)3)12-7-8-12/h10-12H,6-9H2,1-5H3,(H,16,17,18,19). The minimum absolute atomic E-state index is 0.0502. The van der Waals surface area contributed by atoms with E-state index in [1.807, 2.05) is 20.8 Å². The van der Waals surface area contributed by atoms with Crippen LogP contribution in [0.3, 0.4) is 0 Å². The van der Waals surface area contributed by atoms with Crippen molar-refractivity contribution in [3.8, 4) is 6.01 Å². The Morgan fingerprint density at radius 1 is 1.19 bits per heavy atom. The third-order valence-corrected chi connectivity index (χ3v) is 3.09. The number of aromatic nitrogens is 3. The number of nitrogens with zero attached hydrogens (tertiary/aromatic N) is 4. The van der Waals surface area contributed by atoms with Gasteiger partial charge in [0, 0.05) is 19.1 Å². The summed E-state index contributed by atoms with van der Waals surface area (Å²) in [5.74, 6) is 1.89. The molecule has 118 valence electrons. The maximum absolute atomic E-state index is 5.67. The monoisotopic (exact) mass is 293 g/mol. The summed E-state index contributed by atoms with van der Waals surface area (Å²) >= 11 is 0. The number of hydrogen-bond donors (Lipinski definition) is 1. The van der Waals surface area contributed by atoms with Crippen molar-refractivity contribution in [1.82, 2.24) is 15.0 Å². The second-order valence-corrected chi connectivity index (χ2v) is 6.22. The lowest BCUT2D eigenvalue weighted by molar-refractivity contribution is 0.222. The Morgan fingerprint density at radius 3 is 2.43 bits per heavy atom. The van der Waals surface area contributed by atoms with Crippen LogP contribution >= 0.6 is 0 Å². The van der Waals surface area contributed by atoms with Gasteiger partial charge in [-0.1, -0.05) is 13.8 Å². The van der Waals surface area contributed by atoms with Gasteiger partial charge in [0.1, 0.15) is 0 Å². The third-order valence-electron chi connectivity index (χ3n) is 3.09. The summed E-state index contributed by atoms with van der Waals surface area (Å²) in [5.41, 5.74) is 0. The number of ether oxygens (including phenoxy) is 1. The molecule has 21 heavy (non-hydrogen) atoms. The molecule has 0 aromatic carbocycles. The molecule has 0 aliphatic heterocycles. The molecule has 0 radical (unpaired) electrons. The van der Waals surface area contributed by atoms with E-state index in [9.17, 15) is 0 Å². The average molecular weight is 293 g/mol. The lowest BCUT2D eigenvalue weighted by atomic mass is 10.2. The molecule has 6 nitrogen and oxygen atoms in total. The fourth-order valence-corrected chi connectivity index (χ4v) is 2.15. The van der Waals surface area contributed by atoms with Crippen LogP contribution in [-0.2, 0) is 0 Å². The zero-order valence-electron chi connectivity index (χ0n) is 13.8. The predicted octanol–water partition coefficient (Wildman–Crippen LogP) is 2.72. The van der Waals surface area contributed by atoms with Gasteiger partial charge in [0.15, 0.2) is 0 Å². The van der Waals surface area contributed by atoms with Crippen molar-refractivity contribution in [2.75, 3.05) is 23.3 Å². The van der Waals surface area contributed by atoms with Crippen molar-refractivity contribution in [1.29, 1.82) is 0 Å². The van der Waals surface area contributed by atoms with Gasteiger partial charge in [-0.25, -0.2) is 0 Å². The van der Waals surface area contributed by atoms with Crippen molar-refractivity contribution in [2.24, 2.45) is 5.92 Å². The van der Waals surface area contributed by atoms with Crippen molar-refractivity contribution < 1.29 is 4.74 Å². The minimum Gasteiger partial charge on any atom is -0.461 e. The number of hydrogen-bond acceptors (Lipinski definition) is 6. The fraction of sp³-hybridized carbons (Fsp3) is 0.800. The van der Waals surface area contributed by atoms with Crippen LogP contribution in [0.2, 0.25) is 0 Å². The molecule has 6 heteroatoms. The molecule has 1 aliphatic rings. The molecule has 0 atom stereocenters. The first-order chi connectivity index (χ1) is 9.99. The molecule has 1 N–H and O–H groups in total. The Labute approximate surface area is 127 Å². The average Bonchev–Trinajstić information content (AvgIpc) is 3.19. The van der Waals surface area contributed by atoms with E-state index in [0.717, 1.165) is 19.0 Å². The lowest BCUT2D eigenvalue weighted by Gasteiger charge is -2.25. The topological polar surface area (TPSA) is 63.2 Å². The summed E-state index contributed by atoms with van der Waals surface area (Å²) in [6.45, 7) is 12.1. The van der Waals surface area contributed by atoms with Crippen LogP contribution in [0.15, 0.2) is 0 Å². The van der Waals surface area contributed by atoms with E-state index in [2.05, 4.69) is 39.0 Å². The number of anilines is 2. The maximum Gasteiger partial charge on any atom is 0.323 e. The van der Waals surface area contributed by atoms with E-state index >= 15 is 0 Å². The molecule has 0 unspecified atom stereocenters. The number of rotatable bonds is 8. The molecule has 0 spiro atoms. The molecular weight excluding hydrogens is 266 g/mol. The summed E-state index contributed by atoms with van der Waals surface area (Å²) in [7, 11) is 0. The first-order valence-electron chi connectivity index (χ1n) is 7.92. The van der Waals surface area contributed by atoms with E-state index in [-0.39, 0.29) is 6.10 Å². The van der Waals surface area contributed by atoms with Gasteiger partial charge >= 0.3 is 6.01 Å². The molecule has 1 saturated carbocycles. The van der Waals surface area contributed by atoms with Gasteiger partial charge in [-0.15, -0.1) is 0 Å². The Balaban J connectivity index is 2.27. The Kier molecular flexibility index (Phi) is 5.20. The van der Waals surface area contributed by atoms with Crippen LogP contribution < -0.4 is 15.0 Å². The van der Waals surface area contributed by atoms with Gasteiger partial charge in [-0.3, -0.25) is 0 Å². The van der Waals surface area contributed by atoms with Gasteiger partial charge in [0.25, 0.3) is 0 Å². The Hall–Kier alpha value is -1.59. The molecule has 0 amide bonds. The third kappa shape index (κ3) is 4.72. The van der Waals surface area contributed by atoms with Crippen LogP contribution in [0.4, 0.5) is 11.9 Å². The van der Waals surface area contributed by atoms with E-state index in [0.29, 0.717) is 23.9 Å². The van der Waals surface area contributed by atoms with Gasteiger partial charge in [0.05, 0.1) is 6.10 Å². The van der Waals surface area contributed by atoms with Crippen molar-refractivity contribution in [2.45, 2.75) is 59.6 Å². The fourth-order valence-electron chi connectivity index (χ4n) is 2.15. The van der Waals surface area contributed by atoms with Crippen LogP contribution in [0.25, 0.3) is 0 Å². The van der Waals surface area contributed by atoms with Gasteiger partial charge < -0.3 is 15.0 Å². The SMILES string of the molecule is CCNc1nc(OC(C)C)nc(N(CC(C)C)C2CC2)n1. The van der Waals surface area contributed by atoms with E-state index in [1.165, 1.54) is 12.8 Å². The summed E-state index contributed by atoms with van der Waals surface area (Å²) in [6, 6.07) is 0.969. The maximum atomic E-state index is 5.67. The van der Waals surface area contributed by atoms with Crippen molar-refractivity contribution in [3.05, 3.63) is 0 Å². The highest BCUT2D eigenvalue weighted by Crippen LogP contribution is 2.31. The summed E-state index contributed by atoms with van der Waals surface area (Å²) in [4.78, 5) is 15.7. The second-order valence-electron chi connectivity index (χ2n) is 6.22. The molecular formula is C15H27N5O. The highest BCUT2D eigenvalue weighted by molar-refractivity contribution is 5.40. The van der Waals surface area contributed by atoms with Gasteiger partial charge in [0.2, 0.25) is 11.9 Å². The van der Waals surface area contributed by atoms with Gasteiger partial charge in [-0.05, 0) is 39.5 Å². The molecule has 1 fully saturated rings. The van der Waals surface area contributed by atoms with Crippen LogP contribution in [0.1, 0.15) is 47.5 Å². The zero-order chi connectivity index (χ0) is 15.4. The normalized spacial score (nSPS) is 14.6. The lowest BCUT2D eigenvalue weighted by Crippen LogP contribution is -2.32. The molecule has 0 bridgehead atoms. The van der Waals surface area contributed by atoms with Crippen molar-refractivity contribution in [3.63, 3.8) is 0 Å². The van der Waals surface area contributed by atoms with Crippen molar-refractivity contribution >= 4 is 11.9 Å². The largest absolute Gasteiger partial charge is 0.461 e. The van der Waals surface area contributed by atoms with E-state index in [4.69, 9.17) is 4.74 Å². The first kappa shape index (κ1) is 15.8. The zero-order valence-corrected chi connectivity index (χ0v) is 13.8. The highest BCUT2D eigenvalue weighted by atomic mass is 16.5. The molecule has 1 aromatic rings. The van der Waals surface area contributed by atoms with E-state index < -0.39 is 0 Å². The number of nitrogens with one attached hydrogen (secondary N) is 1. The summed E-state index contributed by atoms with van der Waals surface area (Å²) in [6.07, 6.45) is 2.49. The van der Waals surface area contributed by atoms with Crippen LogP contribution in [-0.4, -0.2) is 40.2 Å². The van der Waals surface area contributed by atoms with Crippen LogP contribution in [0, 0.1) is 5.92 Å². The van der Waals surface area contributed by atoms with Gasteiger partial charge in [-0.2, -0.15) is 15.0 Å². The highest BCUT2D eigenvalue weighted by Gasteiger charge is 2.32. The second kappa shape index (κ2) is 6.91. The van der Waals surface area contributed by atoms with E-state index in [1.54, 1.807) is 0 Å². The molecule has 2 rings (SSSR count). The first-order valence-corrected chi connectivity index (χ1v) is 7.92. The smallest absolute Gasteiger partial charge is 0.323 e. The summed E-state index contributed by atoms with van der Waals surface area (Å²) < 4.78 is 5.67. The molecule has 1 aromatic heterocycles. The summed E-state index contributed by atoms with van der Waals surface area (Å²) in [5, 5.41) is 3.16. The Morgan fingerprint density at radius 2 is 1.90 bits per heavy atom. The molecule has 0 saturated heterocycles. The molecule has 1 aliphatic carbocycles. The van der Waals surface area contributed by atoms with Crippen LogP contribution in [0.5, 0.6) is 6.01 Å². The quantitative estimate of drug-likeness (QED) is 0.795. The Bertz CT molecular complexity index is 459. The predicted molar refractivity (Wildman–Crippen MR) is 85.0 cm³/mol.